The van der Waals surface area contributed by atoms with Gasteiger partial charge in [0, 0.05) is 40.2 Å². The number of fused-ring (bicyclic) bond motifs is 1. The van der Waals surface area contributed by atoms with E-state index in [1.807, 2.05) is 36.4 Å². The Bertz CT molecular complexity index is 1170. The van der Waals surface area contributed by atoms with Crippen molar-refractivity contribution in [2.24, 2.45) is 5.92 Å². The van der Waals surface area contributed by atoms with Crippen molar-refractivity contribution >= 4 is 28.5 Å². The highest BCUT2D eigenvalue weighted by molar-refractivity contribution is 5.94. The van der Waals surface area contributed by atoms with E-state index < -0.39 is 17.7 Å². The van der Waals surface area contributed by atoms with Gasteiger partial charge in [0.05, 0.1) is 6.10 Å². The molecule has 0 aromatic heterocycles. The van der Waals surface area contributed by atoms with Gasteiger partial charge < -0.3 is 30.3 Å². The molecule has 2 aromatic carbocycles. The van der Waals surface area contributed by atoms with Gasteiger partial charge in [-0.05, 0) is 62.0 Å². The minimum atomic E-state index is -1.09. The number of unbranched alkanes of at least 4 members (excludes halogenated alkanes) is 1. The van der Waals surface area contributed by atoms with Crippen molar-refractivity contribution in [3.8, 4) is 0 Å². The van der Waals surface area contributed by atoms with E-state index in [4.69, 9.17) is 9.47 Å². The average molecular weight is 569 g/mol. The predicted octanol–water partition coefficient (Wildman–Crippen LogP) is 3.05. The second-order valence-electron chi connectivity index (χ2n) is 11.8. The van der Waals surface area contributed by atoms with Gasteiger partial charge in [0.2, 0.25) is 11.8 Å². The van der Waals surface area contributed by atoms with Crippen LogP contribution in [0.3, 0.4) is 0 Å². The second kappa shape index (κ2) is 15.3. The smallest absolute Gasteiger partial charge is 0.254 e. The molecule has 9 heteroatoms. The van der Waals surface area contributed by atoms with Crippen LogP contribution in [0.25, 0.3) is 10.8 Å². The molecule has 0 saturated carbocycles. The van der Waals surface area contributed by atoms with Crippen molar-refractivity contribution in [3.63, 3.8) is 0 Å². The lowest BCUT2D eigenvalue weighted by Gasteiger charge is -2.32. The molecule has 3 rings (SSSR count). The van der Waals surface area contributed by atoms with Crippen LogP contribution in [0.4, 0.5) is 0 Å². The van der Waals surface area contributed by atoms with Gasteiger partial charge in [0.15, 0.2) is 0 Å². The van der Waals surface area contributed by atoms with E-state index in [1.54, 1.807) is 21.0 Å². The van der Waals surface area contributed by atoms with Crippen molar-refractivity contribution in [1.29, 1.82) is 0 Å². The zero-order valence-corrected chi connectivity index (χ0v) is 25.5. The molecule has 41 heavy (non-hydrogen) atoms. The number of hydrogen-bond acceptors (Lipinski definition) is 6. The third-order valence-corrected chi connectivity index (χ3v) is 7.70. The monoisotopic (exact) mass is 568 g/mol. The van der Waals surface area contributed by atoms with Gasteiger partial charge in [0.25, 0.3) is 5.91 Å². The van der Waals surface area contributed by atoms with Crippen molar-refractivity contribution in [1.82, 2.24) is 20.9 Å². The maximum Gasteiger partial charge on any atom is 0.254 e. The maximum atomic E-state index is 13.7. The Morgan fingerprint density at radius 3 is 2.41 bits per heavy atom. The number of methoxy groups -OCH3 is 2. The molecule has 1 unspecified atom stereocenters. The number of likely N-dealkylation sites (tertiary alicyclic amines) is 1. The van der Waals surface area contributed by atoms with Crippen molar-refractivity contribution in [3.05, 3.63) is 48.0 Å². The van der Waals surface area contributed by atoms with E-state index in [2.05, 4.69) is 35.9 Å². The Morgan fingerprint density at radius 1 is 1.02 bits per heavy atom. The molecule has 1 aliphatic heterocycles. The van der Waals surface area contributed by atoms with E-state index in [1.165, 1.54) is 12.0 Å². The van der Waals surface area contributed by atoms with Crippen LogP contribution in [0.1, 0.15) is 52.5 Å². The van der Waals surface area contributed by atoms with Crippen molar-refractivity contribution in [2.45, 2.75) is 77.2 Å². The molecule has 2 aromatic rings. The quantitative estimate of drug-likeness (QED) is 0.285. The fourth-order valence-corrected chi connectivity index (χ4v) is 5.05. The van der Waals surface area contributed by atoms with Crippen LogP contribution in [0.2, 0.25) is 0 Å². The Balaban J connectivity index is 1.73. The summed E-state index contributed by atoms with van der Waals surface area (Å²) >= 11 is 0. The summed E-state index contributed by atoms with van der Waals surface area (Å²) in [6, 6.07) is 12.6. The SMILES string of the molecule is CO[C@@H]1CC(C(=O)N[C@H](Cc2ccc3ccccc3c2)C(=O)NCCCCNCC(C)C)N(C(=O)C(C)(C)OC)C1. The van der Waals surface area contributed by atoms with Crippen molar-refractivity contribution in [2.75, 3.05) is 40.4 Å². The summed E-state index contributed by atoms with van der Waals surface area (Å²) < 4.78 is 10.9. The third-order valence-electron chi connectivity index (χ3n) is 7.70. The molecule has 0 aliphatic carbocycles. The zero-order valence-electron chi connectivity index (χ0n) is 25.5. The molecular weight excluding hydrogens is 520 g/mol. The summed E-state index contributed by atoms with van der Waals surface area (Å²) in [6.45, 7) is 10.4. The van der Waals surface area contributed by atoms with E-state index in [9.17, 15) is 14.4 Å². The number of carbonyl (C=O) groups excluding carboxylic acids is 3. The second-order valence-corrected chi connectivity index (χ2v) is 11.8. The fourth-order valence-electron chi connectivity index (χ4n) is 5.05. The molecule has 1 aliphatic rings. The number of nitrogens with zero attached hydrogens (tertiary/aromatic N) is 1. The number of nitrogens with one attached hydrogen (secondary N) is 3. The lowest BCUT2D eigenvalue weighted by molar-refractivity contribution is -0.154. The first-order chi connectivity index (χ1) is 19.6. The van der Waals surface area contributed by atoms with Crippen LogP contribution in [-0.4, -0.2) is 86.8 Å². The Morgan fingerprint density at radius 2 is 1.73 bits per heavy atom. The van der Waals surface area contributed by atoms with Crippen molar-refractivity contribution < 1.29 is 23.9 Å². The van der Waals surface area contributed by atoms with Crippen LogP contribution in [0, 0.1) is 5.92 Å². The summed E-state index contributed by atoms with van der Waals surface area (Å²) in [7, 11) is 3.05. The van der Waals surface area contributed by atoms with Gasteiger partial charge in [-0.1, -0.05) is 56.3 Å². The molecule has 3 amide bonds. The summed E-state index contributed by atoms with van der Waals surface area (Å²) in [5.41, 5.74) is -0.149. The van der Waals surface area contributed by atoms with Crippen LogP contribution < -0.4 is 16.0 Å². The minimum absolute atomic E-state index is 0.238. The van der Waals surface area contributed by atoms with Crippen LogP contribution >= 0.6 is 0 Å². The molecule has 3 atom stereocenters. The average Bonchev–Trinajstić information content (AvgIpc) is 3.40. The lowest BCUT2D eigenvalue weighted by Crippen LogP contribution is -2.56. The number of rotatable bonds is 15. The highest BCUT2D eigenvalue weighted by atomic mass is 16.5. The number of amides is 3. The molecule has 9 nitrogen and oxygen atoms in total. The highest BCUT2D eigenvalue weighted by Gasteiger charge is 2.45. The van der Waals surface area contributed by atoms with Gasteiger partial charge in [-0.2, -0.15) is 0 Å². The molecule has 1 saturated heterocycles. The molecule has 0 bridgehead atoms. The largest absolute Gasteiger partial charge is 0.380 e. The van der Waals surface area contributed by atoms with E-state index >= 15 is 0 Å². The molecule has 1 fully saturated rings. The van der Waals surface area contributed by atoms with E-state index in [0.717, 1.165) is 42.3 Å². The van der Waals surface area contributed by atoms with E-state index in [-0.39, 0.29) is 30.4 Å². The van der Waals surface area contributed by atoms with Gasteiger partial charge in [-0.25, -0.2) is 0 Å². The number of benzene rings is 2. The Labute approximate surface area is 244 Å². The van der Waals surface area contributed by atoms with Gasteiger partial charge in [0.1, 0.15) is 17.7 Å². The first kappa shape index (κ1) is 32.5. The molecule has 0 radical (unpaired) electrons. The van der Waals surface area contributed by atoms with Crippen LogP contribution in [0.15, 0.2) is 42.5 Å². The zero-order chi connectivity index (χ0) is 30.0. The molecule has 226 valence electrons. The third kappa shape index (κ3) is 9.24. The van der Waals surface area contributed by atoms with Crippen LogP contribution in [0.5, 0.6) is 0 Å². The lowest BCUT2D eigenvalue weighted by atomic mass is 10.0. The standard InChI is InChI=1S/C32H48N4O5/c1-22(2)20-33-15-9-10-16-34-29(37)27(18-23-13-14-24-11-7-8-12-25(24)17-23)35-30(38)28-19-26(40-5)21-36(28)31(39)32(3,4)41-6/h7-8,11-14,17,22,26-28,33H,9-10,15-16,18-21H2,1-6H3,(H,34,37)(H,35,38)/t26-,27-,28?/m1/s1. The van der Waals surface area contributed by atoms with Gasteiger partial charge in [-0.15, -0.1) is 0 Å². The Hall–Kier alpha value is -3.01. The normalized spacial score (nSPS) is 18.1. The fraction of sp³-hybridized carbons (Fsp3) is 0.594. The first-order valence-electron chi connectivity index (χ1n) is 14.7. The minimum Gasteiger partial charge on any atom is -0.380 e. The molecule has 0 spiro atoms. The molecule has 1 heterocycles. The number of carbonyl (C=O) groups is 3. The highest BCUT2D eigenvalue weighted by Crippen LogP contribution is 2.25. The van der Waals surface area contributed by atoms with E-state index in [0.29, 0.717) is 25.3 Å². The summed E-state index contributed by atoms with van der Waals surface area (Å²) in [5, 5.41) is 11.6. The number of hydrogen-bond donors (Lipinski definition) is 3. The maximum absolute atomic E-state index is 13.7. The van der Waals surface area contributed by atoms with Crippen LogP contribution in [-0.2, 0) is 30.3 Å². The number of ether oxygens (including phenoxy) is 2. The first-order valence-corrected chi connectivity index (χ1v) is 14.7. The van der Waals surface area contributed by atoms with Gasteiger partial charge >= 0.3 is 0 Å². The summed E-state index contributed by atoms with van der Waals surface area (Å²) in [4.78, 5) is 41.9. The summed E-state index contributed by atoms with van der Waals surface area (Å²) in [5.74, 6) is -0.303. The predicted molar refractivity (Wildman–Crippen MR) is 162 cm³/mol. The topological polar surface area (TPSA) is 109 Å². The molecular formula is C32H48N4O5. The molecule has 3 N–H and O–H groups in total. The summed E-state index contributed by atoms with van der Waals surface area (Å²) in [6.07, 6.45) is 2.18. The Kier molecular flexibility index (Phi) is 12.1. The van der Waals surface area contributed by atoms with Gasteiger partial charge in [-0.3, -0.25) is 14.4 Å².